The molecule has 0 heterocycles. The summed E-state index contributed by atoms with van der Waals surface area (Å²) < 4.78 is 0.592. The molecule has 0 amide bonds. The number of aliphatic carboxylic acids is 1. The van der Waals surface area contributed by atoms with Crippen LogP contribution in [0.2, 0.25) is 0 Å². The largest absolute Gasteiger partial charge is 1.00 e. The van der Waals surface area contributed by atoms with Gasteiger partial charge in [-0.3, -0.25) is 0 Å². The first kappa shape index (κ1) is 15.0. The Balaban J connectivity index is 0. The Morgan fingerprint density at radius 3 is 1.77 bits per heavy atom. The molecule has 0 spiro atoms. The summed E-state index contributed by atoms with van der Waals surface area (Å²) in [4.78, 5) is 10.7. The van der Waals surface area contributed by atoms with Crippen molar-refractivity contribution < 1.29 is 26.8 Å². The van der Waals surface area contributed by atoms with Crippen molar-refractivity contribution in [3.8, 4) is 0 Å². The van der Waals surface area contributed by atoms with E-state index in [2.05, 4.69) is 0 Å². The fraction of sp³-hybridized carbons (Fsp3) is 0.667. The number of halogens is 1. The van der Waals surface area contributed by atoms with E-state index in [0.717, 1.165) is 12.1 Å². The zero-order valence-corrected chi connectivity index (χ0v) is 9.64. The van der Waals surface area contributed by atoms with E-state index in [1.165, 1.54) is 0 Å². The maximum atomic E-state index is 10.7. The Hall–Kier alpha value is -0.540. The van der Waals surface area contributed by atoms with Crippen molar-refractivity contribution in [3.05, 3.63) is 11.3 Å². The van der Waals surface area contributed by atoms with Crippen molar-refractivity contribution >= 4 is 5.97 Å². The summed E-state index contributed by atoms with van der Waals surface area (Å²) >= 11 is 0. The zero-order valence-electron chi connectivity index (χ0n) is 8.89. The lowest BCUT2D eigenvalue weighted by Gasteiger charge is -2.26. The lowest BCUT2D eigenvalue weighted by Crippen LogP contribution is -3.00. The van der Waals surface area contributed by atoms with Crippen LogP contribution < -0.4 is 12.4 Å². The predicted octanol–water partition coefficient (Wildman–Crippen LogP) is -1.53. The minimum Gasteiger partial charge on any atom is -1.00 e. The van der Waals surface area contributed by atoms with Crippen LogP contribution in [0.1, 0.15) is 20.3 Å². The molecule has 0 radical (unpaired) electrons. The van der Waals surface area contributed by atoms with Crippen LogP contribution in [0, 0.1) is 0 Å². The Morgan fingerprint density at radius 1 is 1.31 bits per heavy atom. The normalized spacial score (nSPS) is 13.0. The molecule has 0 aromatic rings. The second kappa shape index (κ2) is 5.25. The number of hydrogen-bond acceptors (Lipinski definition) is 1. The van der Waals surface area contributed by atoms with E-state index in [0.29, 0.717) is 10.1 Å². The highest BCUT2D eigenvalue weighted by Gasteiger charge is 2.20. The van der Waals surface area contributed by atoms with Crippen LogP contribution in [0.4, 0.5) is 0 Å². The number of carboxylic acids is 1. The van der Waals surface area contributed by atoms with Crippen LogP contribution in [0.25, 0.3) is 0 Å². The van der Waals surface area contributed by atoms with Crippen molar-refractivity contribution in [1.29, 1.82) is 0 Å². The number of rotatable bonds is 3. The van der Waals surface area contributed by atoms with Gasteiger partial charge in [-0.05, 0) is 6.92 Å². The standard InChI is InChI=1S/C9H17NO2.ClH/c1-6-8(10(3,4)5)7(2)9(11)12;/h6H2,1-5H3;1H. The van der Waals surface area contributed by atoms with Gasteiger partial charge >= 0.3 is 5.97 Å². The first-order valence-electron chi connectivity index (χ1n) is 4.05. The molecule has 0 rings (SSSR count). The third-order valence-electron chi connectivity index (χ3n) is 1.90. The first-order chi connectivity index (χ1) is 5.30. The van der Waals surface area contributed by atoms with Gasteiger partial charge in [0.15, 0.2) is 0 Å². The number of hydrogen-bond donors (Lipinski definition) is 1. The highest BCUT2D eigenvalue weighted by atomic mass is 35.5. The summed E-state index contributed by atoms with van der Waals surface area (Å²) in [6.07, 6.45) is 0.779. The average Bonchev–Trinajstić information content (AvgIpc) is 1.85. The molecule has 0 aromatic heterocycles. The van der Waals surface area contributed by atoms with Crippen LogP contribution in [0.3, 0.4) is 0 Å². The summed E-state index contributed by atoms with van der Waals surface area (Å²) in [6.45, 7) is 3.63. The van der Waals surface area contributed by atoms with Crippen molar-refractivity contribution in [3.63, 3.8) is 0 Å². The quantitative estimate of drug-likeness (QED) is 0.450. The lowest BCUT2D eigenvalue weighted by atomic mass is 10.1. The topological polar surface area (TPSA) is 37.3 Å². The predicted molar refractivity (Wildman–Crippen MR) is 48.7 cm³/mol. The molecule has 0 unspecified atom stereocenters. The molecule has 0 aliphatic heterocycles. The second-order valence-electron chi connectivity index (χ2n) is 3.74. The first-order valence-corrected chi connectivity index (χ1v) is 4.05. The van der Waals surface area contributed by atoms with Gasteiger partial charge in [0.05, 0.1) is 26.7 Å². The summed E-state index contributed by atoms with van der Waals surface area (Å²) in [6, 6.07) is 0. The summed E-state index contributed by atoms with van der Waals surface area (Å²) in [5.41, 5.74) is 1.42. The highest BCUT2D eigenvalue weighted by molar-refractivity contribution is 5.86. The summed E-state index contributed by atoms with van der Waals surface area (Å²) in [5, 5.41) is 8.78. The molecule has 1 N–H and O–H groups in total. The van der Waals surface area contributed by atoms with Crippen molar-refractivity contribution in [1.82, 2.24) is 0 Å². The third kappa shape index (κ3) is 4.29. The fourth-order valence-electron chi connectivity index (χ4n) is 1.37. The average molecular weight is 208 g/mol. The van der Waals surface area contributed by atoms with Crippen molar-refractivity contribution in [2.75, 3.05) is 21.1 Å². The molecule has 0 aliphatic carbocycles. The molecule has 0 saturated heterocycles. The van der Waals surface area contributed by atoms with Gasteiger partial charge in [-0.25, -0.2) is 4.79 Å². The maximum Gasteiger partial charge on any atom is 0.336 e. The van der Waals surface area contributed by atoms with Crippen LogP contribution in [-0.2, 0) is 4.79 Å². The molecule has 13 heavy (non-hydrogen) atoms. The third-order valence-corrected chi connectivity index (χ3v) is 1.90. The van der Waals surface area contributed by atoms with Crippen LogP contribution >= 0.6 is 0 Å². The number of carbonyl (C=O) groups is 1. The van der Waals surface area contributed by atoms with Gasteiger partial charge in [0.1, 0.15) is 5.70 Å². The zero-order chi connectivity index (χ0) is 9.94. The molecule has 78 valence electrons. The van der Waals surface area contributed by atoms with Gasteiger partial charge < -0.3 is 22.0 Å². The van der Waals surface area contributed by atoms with Crippen LogP contribution in [-0.4, -0.2) is 36.7 Å². The molecule has 0 atom stereocenters. The van der Waals surface area contributed by atoms with E-state index in [9.17, 15) is 4.79 Å². The SMILES string of the molecule is CCC(=C(C)C(=O)O)[N+](C)(C)C.[Cl-]. The molecule has 0 saturated carbocycles. The number of nitrogens with zero attached hydrogens (tertiary/aromatic N) is 1. The van der Waals surface area contributed by atoms with Gasteiger partial charge in [0.2, 0.25) is 0 Å². The van der Waals surface area contributed by atoms with Gasteiger partial charge in [0, 0.05) is 6.42 Å². The smallest absolute Gasteiger partial charge is 0.336 e. The minimum absolute atomic E-state index is 0. The monoisotopic (exact) mass is 207 g/mol. The van der Waals surface area contributed by atoms with E-state index in [4.69, 9.17) is 5.11 Å². The van der Waals surface area contributed by atoms with Gasteiger partial charge in [0.25, 0.3) is 0 Å². The number of carboxylic acid groups (broad SMARTS) is 1. The Morgan fingerprint density at radius 2 is 1.69 bits per heavy atom. The second-order valence-corrected chi connectivity index (χ2v) is 3.74. The Labute approximate surface area is 86.0 Å². The van der Waals surface area contributed by atoms with Crippen LogP contribution in [0.15, 0.2) is 11.3 Å². The highest BCUT2D eigenvalue weighted by Crippen LogP contribution is 2.16. The van der Waals surface area contributed by atoms with Crippen LogP contribution in [0.5, 0.6) is 0 Å². The number of allylic oxidation sites excluding steroid dienone is 1. The molecular formula is C9H18ClNO2. The van der Waals surface area contributed by atoms with Crippen molar-refractivity contribution in [2.24, 2.45) is 0 Å². The molecule has 4 heteroatoms. The minimum atomic E-state index is -0.820. The number of quaternary nitrogens is 1. The van der Waals surface area contributed by atoms with E-state index in [-0.39, 0.29) is 12.4 Å². The van der Waals surface area contributed by atoms with E-state index in [1.807, 2.05) is 28.1 Å². The molecule has 0 aliphatic rings. The Bertz CT molecular complexity index is 216. The fourth-order valence-corrected chi connectivity index (χ4v) is 1.37. The Kier molecular flexibility index (Phi) is 6.04. The van der Waals surface area contributed by atoms with Gasteiger partial charge in [-0.15, -0.1) is 0 Å². The van der Waals surface area contributed by atoms with Gasteiger partial charge in [-0.1, -0.05) is 6.92 Å². The maximum absolute atomic E-state index is 10.7. The van der Waals surface area contributed by atoms with Gasteiger partial charge in [-0.2, -0.15) is 0 Å². The molecule has 0 fully saturated rings. The molecule has 3 nitrogen and oxygen atoms in total. The lowest BCUT2D eigenvalue weighted by molar-refractivity contribution is -0.833. The molecule has 0 bridgehead atoms. The van der Waals surface area contributed by atoms with E-state index >= 15 is 0 Å². The summed E-state index contributed by atoms with van der Waals surface area (Å²) in [5.74, 6) is -0.820. The molecular weight excluding hydrogens is 190 g/mol. The van der Waals surface area contributed by atoms with E-state index in [1.54, 1.807) is 6.92 Å². The summed E-state index contributed by atoms with van der Waals surface area (Å²) in [7, 11) is 5.93. The van der Waals surface area contributed by atoms with E-state index < -0.39 is 5.97 Å². The molecule has 0 aromatic carbocycles. The van der Waals surface area contributed by atoms with Crippen molar-refractivity contribution in [2.45, 2.75) is 20.3 Å².